The van der Waals surface area contributed by atoms with Crippen LogP contribution in [0.2, 0.25) is 0 Å². The van der Waals surface area contributed by atoms with Gasteiger partial charge in [-0.25, -0.2) is 0 Å². The van der Waals surface area contributed by atoms with Gasteiger partial charge in [-0.1, -0.05) is 30.3 Å². The summed E-state index contributed by atoms with van der Waals surface area (Å²) in [7, 11) is 0. The van der Waals surface area contributed by atoms with Crippen LogP contribution in [-0.4, -0.2) is 58.3 Å². The average Bonchev–Trinajstić information content (AvgIpc) is 3.16. The molecule has 2 saturated heterocycles. The van der Waals surface area contributed by atoms with Gasteiger partial charge in [0.1, 0.15) is 0 Å². The second-order valence-electron chi connectivity index (χ2n) is 7.81. The SMILES string of the molecule is Cc1nc(N2CC[C@@H](O)[C@]3(CCCN(C(=O)/C=C/c4ccccc4)C3)C2)no1. The highest BCUT2D eigenvalue weighted by Crippen LogP contribution is 2.39. The van der Waals surface area contributed by atoms with Gasteiger partial charge in [-0.3, -0.25) is 4.79 Å². The molecule has 0 bridgehead atoms. The molecule has 0 radical (unpaired) electrons. The van der Waals surface area contributed by atoms with E-state index in [0.717, 1.165) is 18.4 Å². The highest BCUT2D eigenvalue weighted by atomic mass is 16.5. The normalized spacial score (nSPS) is 25.6. The second kappa shape index (κ2) is 7.75. The van der Waals surface area contributed by atoms with Crippen molar-refractivity contribution >= 4 is 17.9 Å². The Bertz CT molecular complexity index is 850. The van der Waals surface area contributed by atoms with Gasteiger partial charge in [-0.2, -0.15) is 4.98 Å². The molecule has 1 N–H and O–H groups in total. The van der Waals surface area contributed by atoms with E-state index in [1.807, 2.05) is 41.3 Å². The standard InChI is InChI=1S/C21H26N4O3/c1-16-22-20(23-28-16)25-13-10-18(26)21(15-25)11-5-12-24(14-21)19(27)9-8-17-6-3-2-4-7-17/h2-4,6-9,18,26H,5,10-15H2,1H3/b9-8+/t18-,21+/m1/s1. The van der Waals surface area contributed by atoms with Gasteiger partial charge >= 0.3 is 0 Å². The number of piperidine rings is 2. The summed E-state index contributed by atoms with van der Waals surface area (Å²) >= 11 is 0. The Morgan fingerprint density at radius 3 is 2.86 bits per heavy atom. The summed E-state index contributed by atoms with van der Waals surface area (Å²) in [5, 5.41) is 14.8. The van der Waals surface area contributed by atoms with E-state index in [1.165, 1.54) is 0 Å². The van der Waals surface area contributed by atoms with Crippen molar-refractivity contribution in [2.24, 2.45) is 5.41 Å². The molecule has 28 heavy (non-hydrogen) atoms. The molecule has 2 aromatic rings. The van der Waals surface area contributed by atoms with Gasteiger partial charge in [0.15, 0.2) is 0 Å². The summed E-state index contributed by atoms with van der Waals surface area (Å²) in [6, 6.07) is 9.79. The molecule has 1 aromatic heterocycles. The number of benzene rings is 1. The number of amides is 1. The lowest BCUT2D eigenvalue weighted by atomic mass is 9.71. The minimum absolute atomic E-state index is 0.0114. The number of nitrogens with zero attached hydrogens (tertiary/aromatic N) is 4. The van der Waals surface area contributed by atoms with Crippen molar-refractivity contribution in [1.29, 1.82) is 0 Å². The summed E-state index contributed by atoms with van der Waals surface area (Å²) in [5.41, 5.74) is 0.639. The van der Waals surface area contributed by atoms with Crippen LogP contribution in [0.25, 0.3) is 6.08 Å². The van der Waals surface area contributed by atoms with Gasteiger partial charge in [0.05, 0.1) is 6.10 Å². The maximum Gasteiger partial charge on any atom is 0.266 e. The fourth-order valence-electron chi connectivity index (χ4n) is 4.32. The topological polar surface area (TPSA) is 82.7 Å². The molecule has 3 heterocycles. The van der Waals surface area contributed by atoms with Crippen LogP contribution in [0.4, 0.5) is 5.95 Å². The zero-order valence-electron chi connectivity index (χ0n) is 16.1. The third kappa shape index (κ3) is 3.80. The van der Waals surface area contributed by atoms with Crippen molar-refractivity contribution < 1.29 is 14.4 Å². The van der Waals surface area contributed by atoms with Crippen molar-refractivity contribution in [2.75, 3.05) is 31.1 Å². The number of aryl methyl sites for hydroxylation is 1. The molecule has 4 rings (SSSR count). The molecule has 148 valence electrons. The Labute approximate surface area is 164 Å². The van der Waals surface area contributed by atoms with Crippen LogP contribution >= 0.6 is 0 Å². The van der Waals surface area contributed by atoms with Crippen molar-refractivity contribution in [3.05, 3.63) is 47.9 Å². The third-order valence-corrected chi connectivity index (χ3v) is 5.82. The van der Waals surface area contributed by atoms with Crippen LogP contribution in [0.1, 0.15) is 30.7 Å². The monoisotopic (exact) mass is 382 g/mol. The molecular weight excluding hydrogens is 356 g/mol. The molecule has 2 aliphatic heterocycles. The van der Waals surface area contributed by atoms with Gasteiger partial charge in [0.2, 0.25) is 11.8 Å². The molecule has 2 atom stereocenters. The van der Waals surface area contributed by atoms with Gasteiger partial charge in [-0.05, 0) is 36.1 Å². The molecule has 0 aliphatic carbocycles. The molecular formula is C21H26N4O3. The highest BCUT2D eigenvalue weighted by molar-refractivity contribution is 5.91. The average molecular weight is 382 g/mol. The van der Waals surface area contributed by atoms with Crippen LogP contribution in [0.5, 0.6) is 0 Å². The first-order valence-corrected chi connectivity index (χ1v) is 9.81. The summed E-state index contributed by atoms with van der Waals surface area (Å²) in [5.74, 6) is 1.08. The smallest absolute Gasteiger partial charge is 0.266 e. The zero-order chi connectivity index (χ0) is 19.6. The molecule has 1 spiro atoms. The molecule has 0 saturated carbocycles. The molecule has 1 aromatic carbocycles. The number of aliphatic hydroxyl groups excluding tert-OH is 1. The lowest BCUT2D eigenvalue weighted by molar-refractivity contribution is -0.132. The predicted molar refractivity (Wildman–Crippen MR) is 106 cm³/mol. The first kappa shape index (κ1) is 18.7. The number of rotatable bonds is 3. The third-order valence-electron chi connectivity index (χ3n) is 5.82. The van der Waals surface area contributed by atoms with Gasteiger partial charge in [-0.15, -0.1) is 0 Å². The van der Waals surface area contributed by atoms with E-state index < -0.39 is 6.10 Å². The van der Waals surface area contributed by atoms with Crippen molar-refractivity contribution in [3.63, 3.8) is 0 Å². The number of hydrogen-bond acceptors (Lipinski definition) is 6. The van der Waals surface area contributed by atoms with E-state index in [-0.39, 0.29) is 11.3 Å². The van der Waals surface area contributed by atoms with E-state index in [9.17, 15) is 9.90 Å². The zero-order valence-corrected chi connectivity index (χ0v) is 16.1. The van der Waals surface area contributed by atoms with Crippen LogP contribution < -0.4 is 4.90 Å². The predicted octanol–water partition coefficient (Wildman–Crippen LogP) is 2.27. The maximum atomic E-state index is 12.8. The van der Waals surface area contributed by atoms with Crippen molar-refractivity contribution in [1.82, 2.24) is 15.0 Å². The van der Waals surface area contributed by atoms with Crippen molar-refractivity contribution in [2.45, 2.75) is 32.3 Å². The fourth-order valence-corrected chi connectivity index (χ4v) is 4.32. The largest absolute Gasteiger partial charge is 0.392 e. The van der Waals surface area contributed by atoms with Gasteiger partial charge in [0.25, 0.3) is 5.95 Å². The maximum absolute atomic E-state index is 12.8. The first-order chi connectivity index (χ1) is 13.6. The second-order valence-corrected chi connectivity index (χ2v) is 7.81. The Hall–Kier alpha value is -2.67. The van der Waals surface area contributed by atoms with Crippen molar-refractivity contribution in [3.8, 4) is 0 Å². The van der Waals surface area contributed by atoms with E-state index >= 15 is 0 Å². The summed E-state index contributed by atoms with van der Waals surface area (Å²) in [4.78, 5) is 21.0. The molecule has 1 amide bonds. The van der Waals surface area contributed by atoms with E-state index in [0.29, 0.717) is 44.4 Å². The number of carbonyl (C=O) groups is 1. The Morgan fingerprint density at radius 2 is 2.11 bits per heavy atom. The Morgan fingerprint density at radius 1 is 1.29 bits per heavy atom. The number of aliphatic hydroxyl groups is 1. The summed E-state index contributed by atoms with van der Waals surface area (Å²) < 4.78 is 5.11. The van der Waals surface area contributed by atoms with Crippen LogP contribution in [-0.2, 0) is 4.79 Å². The van der Waals surface area contributed by atoms with E-state index in [2.05, 4.69) is 15.0 Å². The molecule has 7 nitrogen and oxygen atoms in total. The summed E-state index contributed by atoms with van der Waals surface area (Å²) in [6.07, 6.45) is 5.43. The number of anilines is 1. The van der Waals surface area contributed by atoms with Crippen LogP contribution in [0.15, 0.2) is 40.9 Å². The van der Waals surface area contributed by atoms with Gasteiger partial charge in [0, 0.05) is 44.6 Å². The van der Waals surface area contributed by atoms with Gasteiger partial charge < -0.3 is 19.4 Å². The lowest BCUT2D eigenvalue weighted by Crippen LogP contribution is -2.60. The Kier molecular flexibility index (Phi) is 5.17. The minimum atomic E-state index is -0.439. The quantitative estimate of drug-likeness (QED) is 0.820. The first-order valence-electron chi connectivity index (χ1n) is 9.81. The molecule has 2 fully saturated rings. The Balaban J connectivity index is 1.48. The number of carbonyl (C=O) groups excluding carboxylic acids is 1. The lowest BCUT2D eigenvalue weighted by Gasteiger charge is -2.50. The van der Waals surface area contributed by atoms with E-state index in [1.54, 1.807) is 13.0 Å². The van der Waals surface area contributed by atoms with E-state index in [4.69, 9.17) is 4.52 Å². The minimum Gasteiger partial charge on any atom is -0.392 e. The number of hydrogen-bond donors (Lipinski definition) is 1. The van der Waals surface area contributed by atoms with Crippen LogP contribution in [0, 0.1) is 12.3 Å². The highest BCUT2D eigenvalue weighted by Gasteiger charge is 2.46. The molecule has 7 heteroatoms. The number of aromatic nitrogens is 2. The fraction of sp³-hybridized carbons (Fsp3) is 0.476. The molecule has 2 aliphatic rings. The number of likely N-dealkylation sites (tertiary alicyclic amines) is 1. The summed E-state index contributed by atoms with van der Waals surface area (Å²) in [6.45, 7) is 4.33. The molecule has 0 unspecified atom stereocenters. The van der Waals surface area contributed by atoms with Crippen LogP contribution in [0.3, 0.4) is 0 Å².